The average Bonchev–Trinajstić information content (AvgIpc) is 2.91. The lowest BCUT2D eigenvalue weighted by molar-refractivity contribution is 0.0993. The minimum absolute atomic E-state index is 0.112. The summed E-state index contributed by atoms with van der Waals surface area (Å²) in [5, 5.41) is 3.98. The highest BCUT2D eigenvalue weighted by molar-refractivity contribution is 7.08. The van der Waals surface area contributed by atoms with Gasteiger partial charge in [0.05, 0.1) is 11.0 Å². The fourth-order valence-corrected chi connectivity index (χ4v) is 2.49. The number of nitrogens with zero attached hydrogens (tertiary/aromatic N) is 2. The number of Topliss-reactive ketones (excluding diaryl/α,β-unsaturated/α-hetero) is 1. The van der Waals surface area contributed by atoms with Gasteiger partial charge in [-0.15, -0.1) is 0 Å². The van der Waals surface area contributed by atoms with Crippen molar-refractivity contribution in [3.05, 3.63) is 58.5 Å². The lowest BCUT2D eigenvalue weighted by Gasteiger charge is -2.01. The molecule has 0 radical (unpaired) electrons. The van der Waals surface area contributed by atoms with E-state index in [4.69, 9.17) is 0 Å². The SMILES string of the molecule is O=C(Cc1ccsc1)c1ccc2nccnc2c1. The molecule has 0 N–H and O–H groups in total. The molecular weight excluding hydrogens is 244 g/mol. The van der Waals surface area contributed by atoms with E-state index in [1.807, 2.05) is 29.0 Å². The van der Waals surface area contributed by atoms with Crippen LogP contribution in [-0.4, -0.2) is 15.8 Å². The van der Waals surface area contributed by atoms with Gasteiger partial charge in [0.1, 0.15) is 0 Å². The van der Waals surface area contributed by atoms with Crippen LogP contribution < -0.4 is 0 Å². The molecule has 0 atom stereocenters. The zero-order valence-corrected chi connectivity index (χ0v) is 10.4. The van der Waals surface area contributed by atoms with Crippen LogP contribution in [-0.2, 0) is 6.42 Å². The van der Waals surface area contributed by atoms with E-state index in [0.29, 0.717) is 12.0 Å². The Morgan fingerprint density at radius 2 is 1.94 bits per heavy atom. The van der Waals surface area contributed by atoms with E-state index in [0.717, 1.165) is 16.6 Å². The number of benzene rings is 1. The predicted octanol–water partition coefficient (Wildman–Crippen LogP) is 3.12. The highest BCUT2D eigenvalue weighted by atomic mass is 32.1. The molecule has 88 valence electrons. The second-order valence-electron chi connectivity index (χ2n) is 3.99. The highest BCUT2D eigenvalue weighted by Crippen LogP contribution is 2.14. The van der Waals surface area contributed by atoms with Gasteiger partial charge in [0.15, 0.2) is 5.78 Å². The number of hydrogen-bond acceptors (Lipinski definition) is 4. The van der Waals surface area contributed by atoms with Crippen LogP contribution in [0, 0.1) is 0 Å². The van der Waals surface area contributed by atoms with Crippen molar-refractivity contribution in [3.8, 4) is 0 Å². The molecule has 4 heteroatoms. The van der Waals surface area contributed by atoms with Gasteiger partial charge in [-0.1, -0.05) is 0 Å². The van der Waals surface area contributed by atoms with E-state index < -0.39 is 0 Å². The molecule has 18 heavy (non-hydrogen) atoms. The quantitative estimate of drug-likeness (QED) is 0.674. The molecule has 3 nitrogen and oxygen atoms in total. The zero-order valence-electron chi connectivity index (χ0n) is 9.54. The average molecular weight is 254 g/mol. The second-order valence-corrected chi connectivity index (χ2v) is 4.77. The van der Waals surface area contributed by atoms with Crippen molar-refractivity contribution in [2.24, 2.45) is 0 Å². The monoisotopic (exact) mass is 254 g/mol. The first kappa shape index (κ1) is 11.0. The molecule has 0 saturated carbocycles. The van der Waals surface area contributed by atoms with Gasteiger partial charge >= 0.3 is 0 Å². The molecule has 0 unspecified atom stereocenters. The number of fused-ring (bicyclic) bond motifs is 1. The van der Waals surface area contributed by atoms with Crippen LogP contribution in [0.15, 0.2) is 47.4 Å². The summed E-state index contributed by atoms with van der Waals surface area (Å²) >= 11 is 1.60. The first-order valence-electron chi connectivity index (χ1n) is 5.58. The van der Waals surface area contributed by atoms with E-state index in [-0.39, 0.29) is 5.78 Å². The van der Waals surface area contributed by atoms with Crippen molar-refractivity contribution in [2.75, 3.05) is 0 Å². The molecule has 0 aliphatic rings. The Balaban J connectivity index is 1.92. The molecule has 0 fully saturated rings. The van der Waals surface area contributed by atoms with E-state index in [1.165, 1.54) is 0 Å². The fourth-order valence-electron chi connectivity index (χ4n) is 1.82. The smallest absolute Gasteiger partial charge is 0.167 e. The van der Waals surface area contributed by atoms with Crippen LogP contribution in [0.2, 0.25) is 0 Å². The van der Waals surface area contributed by atoms with Crippen LogP contribution in [0.4, 0.5) is 0 Å². The Bertz CT molecular complexity index is 692. The zero-order chi connectivity index (χ0) is 12.4. The molecule has 2 heterocycles. The van der Waals surface area contributed by atoms with Gasteiger partial charge in [0.25, 0.3) is 0 Å². The van der Waals surface area contributed by atoms with Crippen LogP contribution in [0.5, 0.6) is 0 Å². The highest BCUT2D eigenvalue weighted by Gasteiger charge is 2.08. The minimum atomic E-state index is 0.112. The van der Waals surface area contributed by atoms with Crippen LogP contribution in [0.1, 0.15) is 15.9 Å². The number of carbonyl (C=O) groups is 1. The Hall–Kier alpha value is -2.07. The van der Waals surface area contributed by atoms with Crippen LogP contribution in [0.3, 0.4) is 0 Å². The maximum absolute atomic E-state index is 12.1. The maximum Gasteiger partial charge on any atom is 0.167 e. The van der Waals surface area contributed by atoms with Gasteiger partial charge in [-0.3, -0.25) is 14.8 Å². The molecule has 0 aliphatic carbocycles. The fraction of sp³-hybridized carbons (Fsp3) is 0.0714. The molecular formula is C14H10N2OS. The number of carbonyl (C=O) groups excluding carboxylic acids is 1. The van der Waals surface area contributed by atoms with E-state index in [9.17, 15) is 4.79 Å². The summed E-state index contributed by atoms with van der Waals surface area (Å²) in [5.74, 6) is 0.112. The molecule has 0 bridgehead atoms. The number of hydrogen-bond donors (Lipinski definition) is 0. The van der Waals surface area contributed by atoms with Gasteiger partial charge in [-0.2, -0.15) is 11.3 Å². The van der Waals surface area contributed by atoms with E-state index in [2.05, 4.69) is 9.97 Å². The summed E-state index contributed by atoms with van der Waals surface area (Å²) in [7, 11) is 0. The Morgan fingerprint density at radius 3 is 2.72 bits per heavy atom. The number of rotatable bonds is 3. The third-order valence-corrected chi connectivity index (χ3v) is 3.47. The van der Waals surface area contributed by atoms with E-state index >= 15 is 0 Å². The van der Waals surface area contributed by atoms with Crippen molar-refractivity contribution in [3.63, 3.8) is 0 Å². The Labute approximate surface area is 108 Å². The summed E-state index contributed by atoms with van der Waals surface area (Å²) in [6.45, 7) is 0. The molecule has 2 aromatic heterocycles. The van der Waals surface area contributed by atoms with Gasteiger partial charge in [-0.05, 0) is 40.6 Å². The summed E-state index contributed by atoms with van der Waals surface area (Å²) in [5.41, 5.74) is 3.32. The topological polar surface area (TPSA) is 42.9 Å². The van der Waals surface area contributed by atoms with Gasteiger partial charge in [0.2, 0.25) is 0 Å². The van der Waals surface area contributed by atoms with Gasteiger partial charge in [-0.25, -0.2) is 0 Å². The lowest BCUT2D eigenvalue weighted by Crippen LogP contribution is -2.02. The van der Waals surface area contributed by atoms with Crippen molar-refractivity contribution in [1.82, 2.24) is 9.97 Å². The lowest BCUT2D eigenvalue weighted by atomic mass is 10.0. The summed E-state index contributed by atoms with van der Waals surface area (Å²) in [6, 6.07) is 7.43. The Morgan fingerprint density at radius 1 is 1.11 bits per heavy atom. The predicted molar refractivity (Wildman–Crippen MR) is 71.9 cm³/mol. The minimum Gasteiger partial charge on any atom is -0.294 e. The van der Waals surface area contributed by atoms with E-state index in [1.54, 1.807) is 29.8 Å². The molecule has 0 spiro atoms. The number of thiophene rings is 1. The standard InChI is InChI=1S/C14H10N2OS/c17-14(7-10-3-6-18-9-10)11-1-2-12-13(8-11)16-5-4-15-12/h1-6,8-9H,7H2. The summed E-state index contributed by atoms with van der Waals surface area (Å²) in [6.07, 6.45) is 3.72. The largest absolute Gasteiger partial charge is 0.294 e. The third-order valence-electron chi connectivity index (χ3n) is 2.74. The Kier molecular flexibility index (Phi) is 2.86. The van der Waals surface area contributed by atoms with Crippen LogP contribution in [0.25, 0.3) is 11.0 Å². The maximum atomic E-state index is 12.1. The van der Waals surface area contributed by atoms with Crippen LogP contribution >= 0.6 is 11.3 Å². The van der Waals surface area contributed by atoms with Crippen molar-refractivity contribution >= 4 is 28.2 Å². The first-order valence-corrected chi connectivity index (χ1v) is 6.52. The van der Waals surface area contributed by atoms with Crippen molar-refractivity contribution in [2.45, 2.75) is 6.42 Å². The summed E-state index contributed by atoms with van der Waals surface area (Å²) < 4.78 is 0. The molecule has 0 amide bonds. The first-order chi connectivity index (χ1) is 8.83. The number of ketones is 1. The second kappa shape index (κ2) is 4.66. The van der Waals surface area contributed by atoms with Crippen molar-refractivity contribution < 1.29 is 4.79 Å². The summed E-state index contributed by atoms with van der Waals surface area (Å²) in [4.78, 5) is 20.5. The molecule has 3 aromatic rings. The van der Waals surface area contributed by atoms with Gasteiger partial charge in [0, 0.05) is 24.4 Å². The van der Waals surface area contributed by atoms with Crippen molar-refractivity contribution in [1.29, 1.82) is 0 Å². The third kappa shape index (κ3) is 2.15. The molecule has 0 saturated heterocycles. The van der Waals surface area contributed by atoms with Gasteiger partial charge < -0.3 is 0 Å². The molecule has 1 aromatic carbocycles. The molecule has 3 rings (SSSR count). The normalized spacial score (nSPS) is 10.7. The molecule has 0 aliphatic heterocycles. The number of aromatic nitrogens is 2.